The molecule has 5 heteroatoms. The first-order valence-electron chi connectivity index (χ1n) is 9.19. The summed E-state index contributed by atoms with van der Waals surface area (Å²) in [4.78, 5) is 28.1. The van der Waals surface area contributed by atoms with Gasteiger partial charge in [-0.25, -0.2) is 14.9 Å². The zero-order valence-corrected chi connectivity index (χ0v) is 14.7. The number of nitrogens with zero attached hydrogens (tertiary/aromatic N) is 3. The minimum absolute atomic E-state index is 0.0602. The number of hydrogen-bond donors (Lipinski definition) is 0. The maximum absolute atomic E-state index is 13.4. The Hall–Kier alpha value is -2.50. The number of fused-ring (bicyclic) bond motifs is 3. The van der Waals surface area contributed by atoms with Gasteiger partial charge >= 0.3 is 0 Å². The van der Waals surface area contributed by atoms with E-state index in [4.69, 9.17) is 0 Å². The molecule has 3 saturated heterocycles. The molecule has 3 heterocycles. The molecule has 3 fully saturated rings. The summed E-state index contributed by atoms with van der Waals surface area (Å²) in [7, 11) is 0. The van der Waals surface area contributed by atoms with Gasteiger partial charge in [-0.3, -0.25) is 9.59 Å². The third kappa shape index (κ3) is 2.11. The molecule has 3 aliphatic heterocycles. The molecule has 0 aromatic heterocycles. The lowest BCUT2D eigenvalue weighted by Crippen LogP contribution is -2.44. The molecular formula is C21H21N3O2. The fourth-order valence-corrected chi connectivity index (χ4v) is 4.79. The van der Waals surface area contributed by atoms with Gasteiger partial charge in [0.15, 0.2) is 0 Å². The van der Waals surface area contributed by atoms with Crippen LogP contribution in [-0.2, 0) is 9.59 Å². The first-order valence-corrected chi connectivity index (χ1v) is 9.19. The molecule has 5 nitrogen and oxygen atoms in total. The normalized spacial score (nSPS) is 28.7. The molecule has 2 aromatic rings. The van der Waals surface area contributed by atoms with Crippen LogP contribution in [0.25, 0.3) is 0 Å². The van der Waals surface area contributed by atoms with E-state index < -0.39 is 0 Å². The van der Waals surface area contributed by atoms with Crippen LogP contribution >= 0.6 is 0 Å². The van der Waals surface area contributed by atoms with Crippen LogP contribution in [0.1, 0.15) is 23.6 Å². The van der Waals surface area contributed by atoms with Crippen molar-refractivity contribution in [3.63, 3.8) is 0 Å². The first kappa shape index (κ1) is 15.7. The second kappa shape index (κ2) is 5.76. The smallest absolute Gasteiger partial charge is 0.253 e. The van der Waals surface area contributed by atoms with Crippen molar-refractivity contribution in [2.45, 2.75) is 25.4 Å². The molecule has 3 atom stereocenters. The topological polar surface area (TPSA) is 43.9 Å². The highest BCUT2D eigenvalue weighted by Crippen LogP contribution is 2.48. The summed E-state index contributed by atoms with van der Waals surface area (Å²) in [6.45, 7) is 3.72. The Morgan fingerprint density at radius 3 is 2.31 bits per heavy atom. The van der Waals surface area contributed by atoms with Crippen molar-refractivity contribution in [2.75, 3.05) is 18.0 Å². The highest BCUT2D eigenvalue weighted by molar-refractivity contribution is 6.24. The van der Waals surface area contributed by atoms with Crippen LogP contribution in [0.3, 0.4) is 0 Å². The van der Waals surface area contributed by atoms with Crippen molar-refractivity contribution in [3.8, 4) is 0 Å². The van der Waals surface area contributed by atoms with E-state index >= 15 is 0 Å². The van der Waals surface area contributed by atoms with E-state index in [9.17, 15) is 9.59 Å². The van der Waals surface area contributed by atoms with Crippen LogP contribution in [0, 0.1) is 12.8 Å². The maximum Gasteiger partial charge on any atom is 0.253 e. The Morgan fingerprint density at radius 1 is 0.846 bits per heavy atom. The number of carbonyl (C=O) groups excluding carboxylic acids is 2. The molecular weight excluding hydrogens is 326 g/mol. The van der Waals surface area contributed by atoms with Crippen molar-refractivity contribution >= 4 is 17.5 Å². The maximum atomic E-state index is 13.4. The predicted octanol–water partition coefficient (Wildman–Crippen LogP) is 2.53. The lowest BCUT2D eigenvalue weighted by Gasteiger charge is -2.29. The summed E-state index contributed by atoms with van der Waals surface area (Å²) >= 11 is 0. The van der Waals surface area contributed by atoms with E-state index in [1.165, 1.54) is 4.90 Å². The SMILES string of the molecule is Cc1cccc(N2C(=O)[C@H]3[C@H](C2=O)N2CCCN2[C@H]3c2ccccc2)c1. The number of aryl methyl sites for hydroxylation is 1. The number of hydrogen-bond acceptors (Lipinski definition) is 4. The molecule has 0 unspecified atom stereocenters. The van der Waals surface area contributed by atoms with Gasteiger partial charge in [0, 0.05) is 13.1 Å². The second-order valence-electron chi connectivity index (χ2n) is 7.36. The van der Waals surface area contributed by atoms with Crippen molar-refractivity contribution in [3.05, 3.63) is 65.7 Å². The van der Waals surface area contributed by atoms with E-state index in [2.05, 4.69) is 22.2 Å². The monoisotopic (exact) mass is 347 g/mol. The molecule has 26 heavy (non-hydrogen) atoms. The van der Waals surface area contributed by atoms with Crippen LogP contribution in [0.15, 0.2) is 54.6 Å². The molecule has 0 spiro atoms. The lowest BCUT2D eigenvalue weighted by molar-refractivity contribution is -0.126. The van der Waals surface area contributed by atoms with Crippen LogP contribution < -0.4 is 4.90 Å². The Balaban J connectivity index is 1.60. The molecule has 132 valence electrons. The number of benzene rings is 2. The van der Waals surface area contributed by atoms with E-state index in [1.807, 2.05) is 49.4 Å². The number of carbonyl (C=O) groups is 2. The molecule has 3 aliphatic rings. The quantitative estimate of drug-likeness (QED) is 0.783. The summed E-state index contributed by atoms with van der Waals surface area (Å²) in [5.74, 6) is -0.504. The van der Waals surface area contributed by atoms with Gasteiger partial charge in [0.25, 0.3) is 5.91 Å². The van der Waals surface area contributed by atoms with Gasteiger partial charge in [0.05, 0.1) is 17.6 Å². The van der Waals surface area contributed by atoms with E-state index in [0.717, 1.165) is 30.6 Å². The molecule has 5 rings (SSSR count). The van der Waals surface area contributed by atoms with Gasteiger partial charge in [-0.05, 0) is 36.6 Å². The summed E-state index contributed by atoms with van der Waals surface area (Å²) in [5.41, 5.74) is 2.84. The Labute approximate surface area is 152 Å². The zero-order chi connectivity index (χ0) is 17.8. The molecule has 0 radical (unpaired) electrons. The Kier molecular flexibility index (Phi) is 3.48. The number of amides is 2. The molecule has 0 bridgehead atoms. The third-order valence-corrected chi connectivity index (χ3v) is 5.81. The van der Waals surface area contributed by atoms with Gasteiger partial charge in [-0.15, -0.1) is 0 Å². The summed E-state index contributed by atoms with van der Waals surface area (Å²) in [5, 5.41) is 4.38. The average Bonchev–Trinajstić information content (AvgIpc) is 3.28. The van der Waals surface area contributed by atoms with E-state index in [1.54, 1.807) is 0 Å². The summed E-state index contributed by atoms with van der Waals surface area (Å²) in [6.07, 6.45) is 1.03. The first-order chi connectivity index (χ1) is 12.7. The molecule has 0 aliphatic carbocycles. The standard InChI is InChI=1S/C21H21N3O2/c1-14-7-5-10-16(13-14)24-20(25)17-18(15-8-3-2-4-9-15)22-11-6-12-23(22)19(17)21(24)26/h2-5,7-10,13,17-19H,6,11-12H2,1H3/t17-,18+,19-/m1/s1. The van der Waals surface area contributed by atoms with Gasteiger partial charge < -0.3 is 0 Å². The largest absolute Gasteiger partial charge is 0.274 e. The van der Waals surface area contributed by atoms with Crippen LogP contribution in [-0.4, -0.2) is 41.0 Å². The summed E-state index contributed by atoms with van der Waals surface area (Å²) < 4.78 is 0. The van der Waals surface area contributed by atoms with Crippen LogP contribution in [0.4, 0.5) is 5.69 Å². The highest BCUT2D eigenvalue weighted by atomic mass is 16.2. The predicted molar refractivity (Wildman–Crippen MR) is 98.2 cm³/mol. The number of anilines is 1. The van der Waals surface area contributed by atoms with Crippen molar-refractivity contribution < 1.29 is 9.59 Å². The van der Waals surface area contributed by atoms with E-state index in [-0.39, 0.29) is 29.8 Å². The molecule has 2 amide bonds. The number of hydrazine groups is 1. The van der Waals surface area contributed by atoms with E-state index in [0.29, 0.717) is 5.69 Å². The Bertz CT molecular complexity index is 882. The van der Waals surface area contributed by atoms with Crippen molar-refractivity contribution in [2.24, 2.45) is 5.92 Å². The molecule has 0 N–H and O–H groups in total. The minimum Gasteiger partial charge on any atom is -0.274 e. The Morgan fingerprint density at radius 2 is 1.58 bits per heavy atom. The van der Waals surface area contributed by atoms with Crippen LogP contribution in [0.5, 0.6) is 0 Å². The van der Waals surface area contributed by atoms with Gasteiger partial charge in [-0.1, -0.05) is 42.5 Å². The van der Waals surface area contributed by atoms with Crippen LogP contribution in [0.2, 0.25) is 0 Å². The van der Waals surface area contributed by atoms with Crippen molar-refractivity contribution in [1.82, 2.24) is 10.0 Å². The van der Waals surface area contributed by atoms with Crippen molar-refractivity contribution in [1.29, 1.82) is 0 Å². The third-order valence-electron chi connectivity index (χ3n) is 5.81. The van der Waals surface area contributed by atoms with Gasteiger partial charge in [0.1, 0.15) is 6.04 Å². The molecule has 2 aromatic carbocycles. The second-order valence-corrected chi connectivity index (χ2v) is 7.36. The minimum atomic E-state index is -0.379. The average molecular weight is 347 g/mol. The summed E-state index contributed by atoms with van der Waals surface area (Å²) in [6, 6.07) is 17.3. The lowest BCUT2D eigenvalue weighted by atomic mass is 9.90. The van der Waals surface area contributed by atoms with Gasteiger partial charge in [-0.2, -0.15) is 0 Å². The number of imide groups is 1. The van der Waals surface area contributed by atoms with Gasteiger partial charge in [0.2, 0.25) is 5.91 Å². The highest BCUT2D eigenvalue weighted by Gasteiger charge is 2.62. The number of rotatable bonds is 2. The fraction of sp³-hybridized carbons (Fsp3) is 0.333. The zero-order valence-electron chi connectivity index (χ0n) is 14.7. The fourth-order valence-electron chi connectivity index (χ4n) is 4.79. The molecule has 0 saturated carbocycles.